The van der Waals surface area contributed by atoms with Crippen LogP contribution in [-0.2, 0) is 9.59 Å². The molecular weight excluding hydrogens is 448 g/mol. The number of hydrogen-bond acceptors (Lipinski definition) is 7. The van der Waals surface area contributed by atoms with E-state index in [1.165, 1.54) is 19.1 Å². The van der Waals surface area contributed by atoms with E-state index < -0.39 is 17.7 Å². The standard InChI is InChI=1S/C26H30N4O5/c1-15-8-7-11-29-21(16(2)27-25(15)29)23(31)20-22(17-9-10-18(34-5)19(14-17)35-6)30(13-12-28(3)4)26(33)24(20)32/h7-11,14,22,31H,12-13H2,1-6H3/t22-/m0/s1. The van der Waals surface area contributed by atoms with Crippen molar-refractivity contribution in [3.05, 3.63) is 64.6 Å². The van der Waals surface area contributed by atoms with Gasteiger partial charge < -0.3 is 24.4 Å². The number of carbonyl (C=O) groups excluding carboxylic acids is 2. The molecule has 3 heterocycles. The number of likely N-dealkylation sites (tertiary alicyclic amines) is 1. The lowest BCUT2D eigenvalue weighted by atomic mass is 9.96. The molecule has 0 spiro atoms. The smallest absolute Gasteiger partial charge is 0.295 e. The number of benzene rings is 1. The Labute approximate surface area is 204 Å². The van der Waals surface area contributed by atoms with Crippen LogP contribution in [0.1, 0.15) is 28.6 Å². The number of Topliss-reactive ketones (excluding diaryl/α,β-unsaturated/α-hetero) is 1. The largest absolute Gasteiger partial charge is 0.505 e. The Morgan fingerprint density at radius 2 is 1.83 bits per heavy atom. The number of fused-ring (bicyclic) bond motifs is 1. The maximum atomic E-state index is 13.4. The first-order valence-electron chi connectivity index (χ1n) is 11.3. The van der Waals surface area contributed by atoms with Gasteiger partial charge in [0.15, 0.2) is 17.3 Å². The fraction of sp³-hybridized carbons (Fsp3) is 0.346. The number of methoxy groups -OCH3 is 2. The molecule has 1 aliphatic rings. The molecule has 1 atom stereocenters. The van der Waals surface area contributed by atoms with Gasteiger partial charge in [0.1, 0.15) is 11.3 Å². The number of aromatic nitrogens is 2. The topological polar surface area (TPSA) is 96.6 Å². The fourth-order valence-electron chi connectivity index (χ4n) is 4.52. The number of amides is 1. The van der Waals surface area contributed by atoms with Gasteiger partial charge in [-0.15, -0.1) is 0 Å². The van der Waals surface area contributed by atoms with Gasteiger partial charge in [0.2, 0.25) is 0 Å². The predicted molar refractivity (Wildman–Crippen MR) is 132 cm³/mol. The highest BCUT2D eigenvalue weighted by Gasteiger charge is 2.46. The SMILES string of the molecule is COc1ccc([C@H]2C(=C(O)c3c(C)nc4c(C)cccn34)C(=O)C(=O)N2CCN(C)C)cc1OC. The highest BCUT2D eigenvalue weighted by atomic mass is 16.5. The molecule has 1 saturated heterocycles. The van der Waals surface area contributed by atoms with E-state index in [-0.39, 0.29) is 11.3 Å². The summed E-state index contributed by atoms with van der Waals surface area (Å²) in [5.41, 5.74) is 3.20. The zero-order chi connectivity index (χ0) is 25.4. The molecule has 184 valence electrons. The van der Waals surface area contributed by atoms with E-state index in [4.69, 9.17) is 9.47 Å². The fourth-order valence-corrected chi connectivity index (χ4v) is 4.52. The summed E-state index contributed by atoms with van der Waals surface area (Å²) in [6, 6.07) is 8.21. The molecule has 0 aliphatic carbocycles. The van der Waals surface area contributed by atoms with Gasteiger partial charge in [0.25, 0.3) is 11.7 Å². The van der Waals surface area contributed by atoms with E-state index in [0.29, 0.717) is 47.2 Å². The van der Waals surface area contributed by atoms with Crippen LogP contribution in [0.15, 0.2) is 42.1 Å². The number of pyridine rings is 1. The van der Waals surface area contributed by atoms with Gasteiger partial charge in [-0.2, -0.15) is 0 Å². The number of imidazole rings is 1. The minimum Gasteiger partial charge on any atom is -0.505 e. The Morgan fingerprint density at radius 3 is 2.49 bits per heavy atom. The Morgan fingerprint density at radius 1 is 1.11 bits per heavy atom. The molecular formula is C26H30N4O5. The van der Waals surface area contributed by atoms with Gasteiger partial charge in [-0.3, -0.25) is 14.0 Å². The first kappa shape index (κ1) is 24.3. The second-order valence-electron chi connectivity index (χ2n) is 8.84. The number of aliphatic hydroxyl groups excluding tert-OH is 1. The third kappa shape index (κ3) is 4.12. The number of rotatable bonds is 7. The minimum atomic E-state index is -0.801. The van der Waals surface area contributed by atoms with Crippen LogP contribution in [0.3, 0.4) is 0 Å². The second-order valence-corrected chi connectivity index (χ2v) is 8.84. The van der Waals surface area contributed by atoms with Crippen LogP contribution in [0.2, 0.25) is 0 Å². The molecule has 9 nitrogen and oxygen atoms in total. The highest BCUT2D eigenvalue weighted by molar-refractivity contribution is 6.46. The molecule has 1 aromatic carbocycles. The molecule has 1 N–H and O–H groups in total. The Balaban J connectivity index is 1.96. The van der Waals surface area contributed by atoms with Gasteiger partial charge >= 0.3 is 0 Å². The van der Waals surface area contributed by atoms with Crippen LogP contribution in [0.5, 0.6) is 11.5 Å². The van der Waals surface area contributed by atoms with Crippen molar-refractivity contribution in [3.63, 3.8) is 0 Å². The minimum absolute atomic E-state index is 0.0207. The van der Waals surface area contributed by atoms with Crippen LogP contribution in [0.4, 0.5) is 0 Å². The average molecular weight is 479 g/mol. The second kappa shape index (κ2) is 9.42. The molecule has 0 bridgehead atoms. The highest BCUT2D eigenvalue weighted by Crippen LogP contribution is 2.42. The van der Waals surface area contributed by atoms with Crippen molar-refractivity contribution in [2.75, 3.05) is 41.4 Å². The lowest BCUT2D eigenvalue weighted by Gasteiger charge is -2.27. The molecule has 0 radical (unpaired) electrons. The first-order chi connectivity index (χ1) is 16.7. The maximum Gasteiger partial charge on any atom is 0.295 e. The van der Waals surface area contributed by atoms with Crippen LogP contribution in [-0.4, -0.2) is 77.4 Å². The summed E-state index contributed by atoms with van der Waals surface area (Å²) in [6.07, 6.45) is 1.78. The van der Waals surface area contributed by atoms with Crippen molar-refractivity contribution in [1.82, 2.24) is 19.2 Å². The van der Waals surface area contributed by atoms with Gasteiger partial charge in [0.05, 0.1) is 31.5 Å². The third-order valence-electron chi connectivity index (χ3n) is 6.30. The van der Waals surface area contributed by atoms with Crippen LogP contribution >= 0.6 is 0 Å². The van der Waals surface area contributed by atoms with Crippen molar-refractivity contribution in [1.29, 1.82) is 0 Å². The third-order valence-corrected chi connectivity index (χ3v) is 6.30. The number of carbonyl (C=O) groups is 2. The van der Waals surface area contributed by atoms with Crippen LogP contribution < -0.4 is 9.47 Å². The molecule has 3 aromatic rings. The lowest BCUT2D eigenvalue weighted by molar-refractivity contribution is -0.140. The molecule has 2 aromatic heterocycles. The Bertz CT molecular complexity index is 1340. The quantitative estimate of drug-likeness (QED) is 0.317. The lowest BCUT2D eigenvalue weighted by Crippen LogP contribution is -2.35. The van der Waals surface area contributed by atoms with Crippen molar-refractivity contribution in [2.24, 2.45) is 0 Å². The van der Waals surface area contributed by atoms with E-state index in [2.05, 4.69) is 4.98 Å². The number of hydrogen-bond donors (Lipinski definition) is 1. The number of aryl methyl sites for hydroxylation is 2. The van der Waals surface area contributed by atoms with E-state index in [0.717, 1.165) is 5.56 Å². The average Bonchev–Trinajstić information content (AvgIpc) is 3.31. The van der Waals surface area contributed by atoms with Gasteiger partial charge in [0, 0.05) is 19.3 Å². The van der Waals surface area contributed by atoms with Crippen molar-refractivity contribution in [2.45, 2.75) is 19.9 Å². The van der Waals surface area contributed by atoms with Crippen molar-refractivity contribution in [3.8, 4) is 11.5 Å². The summed E-state index contributed by atoms with van der Waals surface area (Å²) in [4.78, 5) is 34.6. The number of likely N-dealkylation sites (N-methyl/N-ethyl adjacent to an activating group) is 1. The monoisotopic (exact) mass is 478 g/mol. The first-order valence-corrected chi connectivity index (χ1v) is 11.3. The van der Waals surface area contributed by atoms with Gasteiger partial charge in [-0.05, 0) is 57.3 Å². The summed E-state index contributed by atoms with van der Waals surface area (Å²) < 4.78 is 12.6. The van der Waals surface area contributed by atoms with E-state index in [1.54, 1.807) is 35.7 Å². The van der Waals surface area contributed by atoms with E-state index >= 15 is 0 Å². The zero-order valence-electron chi connectivity index (χ0n) is 20.8. The Kier molecular flexibility index (Phi) is 6.53. The van der Waals surface area contributed by atoms with Gasteiger partial charge in [-0.25, -0.2) is 4.98 Å². The van der Waals surface area contributed by atoms with Crippen molar-refractivity contribution < 1.29 is 24.2 Å². The Hall–Kier alpha value is -3.85. The predicted octanol–water partition coefficient (Wildman–Crippen LogP) is 2.95. The number of ketones is 1. The normalized spacial score (nSPS) is 17.6. The number of aliphatic hydroxyl groups is 1. The zero-order valence-corrected chi connectivity index (χ0v) is 20.8. The van der Waals surface area contributed by atoms with Crippen LogP contribution in [0, 0.1) is 13.8 Å². The molecule has 9 heteroatoms. The van der Waals surface area contributed by atoms with Gasteiger partial charge in [-0.1, -0.05) is 12.1 Å². The summed E-state index contributed by atoms with van der Waals surface area (Å²) in [6.45, 7) is 4.55. The van der Waals surface area contributed by atoms with Crippen LogP contribution in [0.25, 0.3) is 11.4 Å². The van der Waals surface area contributed by atoms with Crippen molar-refractivity contribution >= 4 is 23.1 Å². The molecule has 1 fully saturated rings. The molecule has 0 unspecified atom stereocenters. The summed E-state index contributed by atoms with van der Waals surface area (Å²) in [5.74, 6) is -0.663. The molecule has 1 aliphatic heterocycles. The van der Waals surface area contributed by atoms with E-state index in [9.17, 15) is 14.7 Å². The number of ether oxygens (including phenoxy) is 2. The molecule has 1 amide bonds. The maximum absolute atomic E-state index is 13.4. The summed E-state index contributed by atoms with van der Waals surface area (Å²) in [7, 11) is 6.85. The molecule has 4 rings (SSSR count). The van der Waals surface area contributed by atoms with E-state index in [1.807, 2.05) is 38.1 Å². The molecule has 35 heavy (non-hydrogen) atoms. The number of nitrogens with zero attached hydrogens (tertiary/aromatic N) is 4. The summed E-state index contributed by atoms with van der Waals surface area (Å²) >= 11 is 0. The summed E-state index contributed by atoms with van der Waals surface area (Å²) in [5, 5.41) is 11.6. The molecule has 0 saturated carbocycles.